The van der Waals surface area contributed by atoms with Gasteiger partial charge in [0.2, 0.25) is 5.91 Å². The molecule has 2 bridgehead atoms. The monoisotopic (exact) mass is 560 g/mol. The van der Waals surface area contributed by atoms with Gasteiger partial charge in [0.15, 0.2) is 0 Å². The molecule has 1 N–H and O–H groups in total. The second kappa shape index (κ2) is 11.8. The Morgan fingerprint density at radius 1 is 1.32 bits per heavy atom. The van der Waals surface area contributed by atoms with Crippen LogP contribution in [-0.4, -0.2) is 69.6 Å². The number of hydrogen-bond acceptors (Lipinski definition) is 6. The third-order valence-corrected chi connectivity index (χ3v) is 10.6. The summed E-state index contributed by atoms with van der Waals surface area (Å²) in [7, 11) is 0. The zero-order valence-corrected chi connectivity index (χ0v) is 23.6. The molecule has 0 saturated carbocycles. The van der Waals surface area contributed by atoms with E-state index in [1.807, 2.05) is 13.8 Å². The van der Waals surface area contributed by atoms with E-state index in [2.05, 4.69) is 13.2 Å². The summed E-state index contributed by atoms with van der Waals surface area (Å²) in [6.45, 7) is 11.7. The standard InChI is InChI=1S/C29H37ClN2O5S/c1-5-8-16-37-28(36)23-22-13-14-29(38-22)24(23)26(34)32(21(17-33)18(4)7-3)25(29)27(35)31(15-6-2)20-11-9-19(30)10-12-20/h5-6,9-12,18,21-25,33H,1-2,7-8,13-17H2,3-4H3/t18-,21-,22+,23-,24-,25?,29?/m0/s1. The van der Waals surface area contributed by atoms with Crippen LogP contribution in [-0.2, 0) is 19.1 Å². The second-order valence-electron chi connectivity index (χ2n) is 10.4. The SMILES string of the molecule is C=CCCOC(=O)[C@@H]1[C@H]2C(=O)N([C@@H](CO)[C@@H](C)CC)C(C(=O)N(CC=C)c3ccc(Cl)cc3)C23CC[C@H]1S3. The number of hydrogen-bond donors (Lipinski definition) is 1. The molecule has 0 aliphatic carbocycles. The number of thioether (sulfide) groups is 1. The van der Waals surface area contributed by atoms with Crippen molar-refractivity contribution in [3.05, 3.63) is 54.6 Å². The first-order chi connectivity index (χ1) is 18.2. The number of carbonyl (C=O) groups is 3. The Morgan fingerprint density at radius 2 is 2.03 bits per heavy atom. The van der Waals surface area contributed by atoms with Gasteiger partial charge in [-0.1, -0.05) is 44.0 Å². The molecule has 38 heavy (non-hydrogen) atoms. The van der Waals surface area contributed by atoms with Crippen LogP contribution in [0.15, 0.2) is 49.6 Å². The number of aliphatic hydroxyl groups is 1. The summed E-state index contributed by atoms with van der Waals surface area (Å²) < 4.78 is 4.79. The summed E-state index contributed by atoms with van der Waals surface area (Å²) in [6.07, 6.45) is 5.96. The predicted molar refractivity (Wildman–Crippen MR) is 151 cm³/mol. The molecule has 3 aliphatic heterocycles. The maximum Gasteiger partial charge on any atom is 0.310 e. The van der Waals surface area contributed by atoms with Crippen LogP contribution in [0, 0.1) is 17.8 Å². The highest BCUT2D eigenvalue weighted by Gasteiger charge is 2.75. The molecule has 3 fully saturated rings. The van der Waals surface area contributed by atoms with Crippen LogP contribution < -0.4 is 4.90 Å². The number of ether oxygens (including phenoxy) is 1. The molecule has 3 heterocycles. The number of rotatable bonds is 12. The summed E-state index contributed by atoms with van der Waals surface area (Å²) in [5.74, 6) is -2.20. The Hall–Kier alpha value is -2.29. The number of amides is 2. The Balaban J connectivity index is 1.79. The van der Waals surface area contributed by atoms with Crippen LogP contribution >= 0.6 is 23.4 Å². The molecule has 0 radical (unpaired) electrons. The summed E-state index contributed by atoms with van der Waals surface area (Å²) in [4.78, 5) is 45.4. The largest absolute Gasteiger partial charge is 0.465 e. The van der Waals surface area contributed by atoms with Crippen LogP contribution in [0.25, 0.3) is 0 Å². The van der Waals surface area contributed by atoms with Gasteiger partial charge in [0, 0.05) is 22.5 Å². The predicted octanol–water partition coefficient (Wildman–Crippen LogP) is 4.48. The van der Waals surface area contributed by atoms with Crippen molar-refractivity contribution >= 4 is 46.8 Å². The van der Waals surface area contributed by atoms with Crippen molar-refractivity contribution < 1.29 is 24.2 Å². The lowest BCUT2D eigenvalue weighted by atomic mass is 9.71. The van der Waals surface area contributed by atoms with Crippen molar-refractivity contribution in [1.29, 1.82) is 0 Å². The van der Waals surface area contributed by atoms with Gasteiger partial charge in [-0.2, -0.15) is 0 Å². The lowest BCUT2D eigenvalue weighted by Gasteiger charge is -2.41. The molecule has 206 valence electrons. The van der Waals surface area contributed by atoms with Crippen LogP contribution in [0.2, 0.25) is 5.02 Å². The lowest BCUT2D eigenvalue weighted by molar-refractivity contribution is -0.154. The van der Waals surface area contributed by atoms with Gasteiger partial charge >= 0.3 is 5.97 Å². The van der Waals surface area contributed by atoms with Gasteiger partial charge in [0.25, 0.3) is 5.91 Å². The van der Waals surface area contributed by atoms with Crippen LogP contribution in [0.1, 0.15) is 39.5 Å². The molecule has 0 aromatic heterocycles. The number of nitrogens with zero attached hydrogens (tertiary/aromatic N) is 2. The minimum atomic E-state index is -0.831. The van der Waals surface area contributed by atoms with E-state index in [0.29, 0.717) is 23.6 Å². The Kier molecular flexibility index (Phi) is 8.95. The van der Waals surface area contributed by atoms with Gasteiger partial charge in [0.1, 0.15) is 6.04 Å². The van der Waals surface area contributed by atoms with Crippen molar-refractivity contribution in [2.75, 3.05) is 24.7 Å². The topological polar surface area (TPSA) is 87.1 Å². The van der Waals surface area contributed by atoms with E-state index in [1.165, 1.54) is 0 Å². The first-order valence-electron chi connectivity index (χ1n) is 13.3. The van der Waals surface area contributed by atoms with Gasteiger partial charge in [-0.05, 0) is 49.4 Å². The minimum Gasteiger partial charge on any atom is -0.465 e. The molecular formula is C29H37ClN2O5S. The Morgan fingerprint density at radius 3 is 2.63 bits per heavy atom. The van der Waals surface area contributed by atoms with Gasteiger partial charge in [-0.15, -0.1) is 24.9 Å². The molecule has 3 saturated heterocycles. The quantitative estimate of drug-likeness (QED) is 0.230. The van der Waals surface area contributed by atoms with Crippen molar-refractivity contribution in [2.24, 2.45) is 17.8 Å². The molecular weight excluding hydrogens is 524 g/mol. The van der Waals surface area contributed by atoms with Crippen molar-refractivity contribution in [3.63, 3.8) is 0 Å². The number of anilines is 1. The summed E-state index contributed by atoms with van der Waals surface area (Å²) in [5.41, 5.74) is 0.647. The minimum absolute atomic E-state index is 0.0435. The zero-order valence-electron chi connectivity index (χ0n) is 22.1. The van der Waals surface area contributed by atoms with Gasteiger partial charge in [0.05, 0.1) is 35.8 Å². The first-order valence-corrected chi connectivity index (χ1v) is 14.6. The Bertz CT molecular complexity index is 1080. The van der Waals surface area contributed by atoms with E-state index in [0.717, 1.165) is 12.8 Å². The highest BCUT2D eigenvalue weighted by Crippen LogP contribution is 2.67. The van der Waals surface area contributed by atoms with Crippen molar-refractivity contribution in [2.45, 2.75) is 61.6 Å². The normalized spacial score (nSPS) is 29.1. The molecule has 7 nitrogen and oxygen atoms in total. The molecule has 2 amide bonds. The maximum absolute atomic E-state index is 14.5. The fourth-order valence-electron chi connectivity index (χ4n) is 6.37. The van der Waals surface area contributed by atoms with Gasteiger partial charge in [-0.3, -0.25) is 14.4 Å². The zero-order chi connectivity index (χ0) is 27.6. The van der Waals surface area contributed by atoms with Gasteiger partial charge < -0.3 is 19.6 Å². The highest BCUT2D eigenvalue weighted by atomic mass is 35.5. The fourth-order valence-corrected chi connectivity index (χ4v) is 8.68. The van der Waals surface area contributed by atoms with E-state index in [4.69, 9.17) is 16.3 Å². The number of fused-ring (bicyclic) bond motifs is 1. The average molecular weight is 561 g/mol. The average Bonchev–Trinajstić information content (AvgIpc) is 3.55. The second-order valence-corrected chi connectivity index (χ2v) is 12.4. The van der Waals surface area contributed by atoms with E-state index in [9.17, 15) is 19.5 Å². The molecule has 4 rings (SSSR count). The summed E-state index contributed by atoms with van der Waals surface area (Å²) in [6, 6.07) is 5.62. The summed E-state index contributed by atoms with van der Waals surface area (Å²) in [5, 5.41) is 11.0. The molecule has 1 aromatic carbocycles. The van der Waals surface area contributed by atoms with Crippen LogP contribution in [0.5, 0.6) is 0 Å². The summed E-state index contributed by atoms with van der Waals surface area (Å²) >= 11 is 7.70. The number of benzene rings is 1. The number of aliphatic hydroxyl groups excluding tert-OH is 1. The van der Waals surface area contributed by atoms with E-state index < -0.39 is 28.7 Å². The molecule has 3 aliphatic rings. The Labute approximate surface area is 234 Å². The number of likely N-dealkylation sites (tertiary alicyclic amines) is 1. The molecule has 9 heteroatoms. The molecule has 7 atom stereocenters. The third kappa shape index (κ3) is 4.80. The number of carbonyl (C=O) groups excluding carboxylic acids is 3. The van der Waals surface area contributed by atoms with E-state index in [1.54, 1.807) is 58.0 Å². The molecule has 1 aromatic rings. The van der Waals surface area contributed by atoms with Crippen molar-refractivity contribution in [1.82, 2.24) is 4.90 Å². The van der Waals surface area contributed by atoms with Crippen LogP contribution in [0.3, 0.4) is 0 Å². The van der Waals surface area contributed by atoms with Gasteiger partial charge in [-0.25, -0.2) is 0 Å². The molecule has 1 spiro atoms. The smallest absolute Gasteiger partial charge is 0.310 e. The number of halogens is 1. The van der Waals surface area contributed by atoms with E-state index >= 15 is 0 Å². The van der Waals surface area contributed by atoms with E-state index in [-0.39, 0.29) is 48.7 Å². The lowest BCUT2D eigenvalue weighted by Crippen LogP contribution is -2.58. The maximum atomic E-state index is 14.5. The van der Waals surface area contributed by atoms with Crippen LogP contribution in [0.4, 0.5) is 5.69 Å². The first kappa shape index (κ1) is 28.7. The highest BCUT2D eigenvalue weighted by molar-refractivity contribution is 8.02. The number of esters is 1. The third-order valence-electron chi connectivity index (χ3n) is 8.37. The molecule has 2 unspecified atom stereocenters. The fraction of sp³-hybridized carbons (Fsp3) is 0.552. The van der Waals surface area contributed by atoms with Crippen molar-refractivity contribution in [3.8, 4) is 0 Å².